The number of ether oxygens (including phenoxy) is 3. The Bertz CT molecular complexity index is 950. The van der Waals surface area contributed by atoms with Gasteiger partial charge in [0, 0.05) is 6.42 Å². The molecule has 6 atom stereocenters. The van der Waals surface area contributed by atoms with Crippen molar-refractivity contribution < 1.29 is 34.6 Å². The third-order valence-corrected chi connectivity index (χ3v) is 5.98. The van der Waals surface area contributed by atoms with Gasteiger partial charge in [-0.3, -0.25) is 0 Å². The molecule has 2 aromatic rings. The van der Waals surface area contributed by atoms with Gasteiger partial charge < -0.3 is 34.6 Å². The lowest BCUT2D eigenvalue weighted by molar-refractivity contribution is -0.231. The first-order valence-electron chi connectivity index (χ1n) is 10.7. The predicted octanol–water partition coefficient (Wildman–Crippen LogP) is 0.832. The Kier molecular flexibility index (Phi) is 7.06. The lowest BCUT2D eigenvalue weighted by Crippen LogP contribution is -2.55. The lowest BCUT2D eigenvalue weighted by atomic mass is 9.89. The molecule has 2 aliphatic heterocycles. The molecule has 0 radical (unpaired) electrons. The van der Waals surface area contributed by atoms with E-state index in [1.807, 2.05) is 24.3 Å². The molecule has 8 nitrogen and oxygen atoms in total. The molecule has 2 unspecified atom stereocenters. The van der Waals surface area contributed by atoms with Crippen LogP contribution in [-0.4, -0.2) is 70.8 Å². The first-order chi connectivity index (χ1) is 15.5. The van der Waals surface area contributed by atoms with Crippen LogP contribution < -0.4 is 4.74 Å². The Morgan fingerprint density at radius 2 is 1.81 bits per heavy atom. The molecule has 2 heterocycles. The van der Waals surface area contributed by atoms with E-state index < -0.39 is 37.1 Å². The van der Waals surface area contributed by atoms with E-state index in [1.165, 1.54) is 0 Å². The van der Waals surface area contributed by atoms with Crippen LogP contribution in [0.15, 0.2) is 42.5 Å². The Balaban J connectivity index is 1.53. The molecule has 0 aromatic heterocycles. The normalized spacial score (nSPS) is 30.1. The summed E-state index contributed by atoms with van der Waals surface area (Å²) in [7, 11) is 0. The number of nitrogens with zero attached hydrogens (tertiary/aromatic N) is 1. The van der Waals surface area contributed by atoms with Crippen molar-refractivity contribution in [3.05, 3.63) is 64.7 Å². The Morgan fingerprint density at radius 3 is 2.47 bits per heavy atom. The van der Waals surface area contributed by atoms with Crippen molar-refractivity contribution in [1.29, 1.82) is 5.26 Å². The summed E-state index contributed by atoms with van der Waals surface area (Å²) >= 11 is 0. The topological polar surface area (TPSA) is 132 Å². The second-order valence-electron chi connectivity index (χ2n) is 8.20. The van der Waals surface area contributed by atoms with E-state index in [9.17, 15) is 25.7 Å². The number of hydrogen-bond acceptors (Lipinski definition) is 8. The summed E-state index contributed by atoms with van der Waals surface area (Å²) in [6.45, 7) is 0.814. The summed E-state index contributed by atoms with van der Waals surface area (Å²) in [5.41, 5.74) is 2.75. The Morgan fingerprint density at radius 1 is 1.03 bits per heavy atom. The molecule has 0 bridgehead atoms. The standard InChI is InChI=1S/C24H27NO7/c25-11-16-4-3-15(24-23(29)22(28)21(27)20(12-26)32-24)10-17(16)9-14-1-5-18(6-2-14)31-19-7-8-30-13-19/h1-6,10,19-24,26-29H,7-9,12-13H2/t19?,20?,21-,22+,23-,24+/m1/s1. The van der Waals surface area contributed by atoms with Crippen molar-refractivity contribution in [2.45, 2.75) is 49.5 Å². The van der Waals surface area contributed by atoms with Gasteiger partial charge in [-0.25, -0.2) is 0 Å². The van der Waals surface area contributed by atoms with Crippen LogP contribution in [0.4, 0.5) is 0 Å². The molecule has 170 valence electrons. The largest absolute Gasteiger partial charge is 0.488 e. The minimum absolute atomic E-state index is 0.0706. The fourth-order valence-electron chi connectivity index (χ4n) is 4.13. The molecule has 0 amide bonds. The van der Waals surface area contributed by atoms with E-state index >= 15 is 0 Å². The highest BCUT2D eigenvalue weighted by Crippen LogP contribution is 2.33. The number of benzene rings is 2. The number of rotatable bonds is 6. The monoisotopic (exact) mass is 441 g/mol. The maximum Gasteiger partial charge on any atom is 0.124 e. The smallest absolute Gasteiger partial charge is 0.124 e. The quantitative estimate of drug-likeness (QED) is 0.518. The van der Waals surface area contributed by atoms with E-state index in [0.717, 1.165) is 23.3 Å². The average molecular weight is 441 g/mol. The predicted molar refractivity (Wildman–Crippen MR) is 113 cm³/mol. The maximum atomic E-state index is 10.4. The number of aliphatic hydroxyl groups excluding tert-OH is 4. The Hall–Kier alpha value is -2.51. The zero-order chi connectivity index (χ0) is 22.7. The van der Waals surface area contributed by atoms with Crippen molar-refractivity contribution in [2.24, 2.45) is 0 Å². The summed E-state index contributed by atoms with van der Waals surface area (Å²) in [6, 6.07) is 14.9. The van der Waals surface area contributed by atoms with Crippen molar-refractivity contribution in [3.63, 3.8) is 0 Å². The van der Waals surface area contributed by atoms with Gasteiger partial charge in [-0.1, -0.05) is 24.3 Å². The van der Waals surface area contributed by atoms with Crippen molar-refractivity contribution >= 4 is 0 Å². The molecule has 2 aromatic carbocycles. The van der Waals surface area contributed by atoms with Gasteiger partial charge >= 0.3 is 0 Å². The molecule has 8 heteroatoms. The van der Waals surface area contributed by atoms with Crippen molar-refractivity contribution in [2.75, 3.05) is 19.8 Å². The van der Waals surface area contributed by atoms with Crippen LogP contribution in [-0.2, 0) is 15.9 Å². The van der Waals surface area contributed by atoms with E-state index in [-0.39, 0.29) is 6.10 Å². The van der Waals surface area contributed by atoms with Crippen molar-refractivity contribution in [3.8, 4) is 11.8 Å². The molecule has 4 N–H and O–H groups in total. The van der Waals surface area contributed by atoms with E-state index in [1.54, 1.807) is 18.2 Å². The molecule has 2 aliphatic rings. The van der Waals surface area contributed by atoms with Crippen LogP contribution in [0.2, 0.25) is 0 Å². The van der Waals surface area contributed by atoms with Gasteiger partial charge in [0.05, 0.1) is 31.5 Å². The van der Waals surface area contributed by atoms with Crippen LogP contribution in [0.1, 0.15) is 34.8 Å². The van der Waals surface area contributed by atoms with Gasteiger partial charge in [0.25, 0.3) is 0 Å². The minimum Gasteiger partial charge on any atom is -0.488 e. The minimum atomic E-state index is -1.46. The summed E-state index contributed by atoms with van der Waals surface area (Å²) in [5.74, 6) is 0.764. The molecule has 2 fully saturated rings. The number of aliphatic hydroxyl groups is 4. The first-order valence-corrected chi connectivity index (χ1v) is 10.7. The van der Waals surface area contributed by atoms with Crippen LogP contribution >= 0.6 is 0 Å². The molecule has 4 rings (SSSR count). The molecule has 0 spiro atoms. The van der Waals surface area contributed by atoms with Gasteiger partial charge in [-0.15, -0.1) is 0 Å². The third kappa shape index (κ3) is 4.79. The van der Waals surface area contributed by atoms with Gasteiger partial charge in [0.1, 0.15) is 42.4 Å². The van der Waals surface area contributed by atoms with Gasteiger partial charge in [0.2, 0.25) is 0 Å². The van der Waals surface area contributed by atoms with E-state index in [2.05, 4.69) is 6.07 Å². The molecule has 32 heavy (non-hydrogen) atoms. The summed E-state index contributed by atoms with van der Waals surface area (Å²) in [5, 5.41) is 49.5. The summed E-state index contributed by atoms with van der Waals surface area (Å²) in [6.07, 6.45) is -4.76. The van der Waals surface area contributed by atoms with Crippen LogP contribution in [0.3, 0.4) is 0 Å². The first kappa shape index (κ1) is 22.7. The number of nitriles is 1. The third-order valence-electron chi connectivity index (χ3n) is 5.98. The average Bonchev–Trinajstić information content (AvgIpc) is 3.32. The molecular weight excluding hydrogens is 414 g/mol. The van der Waals surface area contributed by atoms with E-state index in [0.29, 0.717) is 30.8 Å². The second kappa shape index (κ2) is 9.96. The molecular formula is C24H27NO7. The fourth-order valence-corrected chi connectivity index (χ4v) is 4.13. The summed E-state index contributed by atoms with van der Waals surface area (Å²) in [4.78, 5) is 0. The molecule has 0 aliphatic carbocycles. The van der Waals surface area contributed by atoms with E-state index in [4.69, 9.17) is 14.2 Å². The van der Waals surface area contributed by atoms with Crippen LogP contribution in [0.25, 0.3) is 0 Å². The highest BCUT2D eigenvalue weighted by atomic mass is 16.5. The fraction of sp³-hybridized carbons (Fsp3) is 0.458. The highest BCUT2D eigenvalue weighted by molar-refractivity contribution is 5.44. The van der Waals surface area contributed by atoms with Gasteiger partial charge in [-0.05, 0) is 41.3 Å². The van der Waals surface area contributed by atoms with Crippen LogP contribution in [0.5, 0.6) is 5.75 Å². The maximum absolute atomic E-state index is 10.4. The number of hydrogen-bond donors (Lipinski definition) is 4. The lowest BCUT2D eigenvalue weighted by Gasteiger charge is -2.40. The molecule has 0 saturated carbocycles. The van der Waals surface area contributed by atoms with Gasteiger partial charge in [-0.2, -0.15) is 5.26 Å². The second-order valence-corrected chi connectivity index (χ2v) is 8.20. The zero-order valence-electron chi connectivity index (χ0n) is 17.5. The Labute approximate surface area is 186 Å². The zero-order valence-corrected chi connectivity index (χ0v) is 17.5. The van der Waals surface area contributed by atoms with Crippen molar-refractivity contribution in [1.82, 2.24) is 0 Å². The molecule has 2 saturated heterocycles. The highest BCUT2D eigenvalue weighted by Gasteiger charge is 2.44. The summed E-state index contributed by atoms with van der Waals surface area (Å²) < 4.78 is 16.9. The van der Waals surface area contributed by atoms with Crippen LogP contribution in [0, 0.1) is 11.3 Å². The SMILES string of the molecule is N#Cc1ccc([C@@H]2OC(CO)[C@@H](O)[C@H](O)[C@H]2O)cc1Cc1ccc(OC2CCOC2)cc1. The van der Waals surface area contributed by atoms with Gasteiger partial charge in [0.15, 0.2) is 0 Å².